The van der Waals surface area contributed by atoms with Crippen LogP contribution in [0.15, 0.2) is 48.5 Å². The Balaban J connectivity index is 1.59. The fourth-order valence-electron chi connectivity index (χ4n) is 3.00. The van der Waals surface area contributed by atoms with Crippen LogP contribution in [0.5, 0.6) is 5.75 Å². The molecule has 1 N–H and O–H groups in total. The van der Waals surface area contributed by atoms with Gasteiger partial charge in [-0.1, -0.05) is 6.92 Å². The summed E-state index contributed by atoms with van der Waals surface area (Å²) in [6.07, 6.45) is 3.21. The van der Waals surface area contributed by atoms with E-state index in [1.165, 1.54) is 0 Å². The smallest absolute Gasteiger partial charge is 0.255 e. The molecule has 1 heterocycles. The third kappa shape index (κ3) is 4.88. The molecule has 0 aromatic heterocycles. The van der Waals surface area contributed by atoms with Crippen LogP contribution in [-0.4, -0.2) is 35.9 Å². The summed E-state index contributed by atoms with van der Waals surface area (Å²) in [7, 11) is 0. The van der Waals surface area contributed by atoms with Gasteiger partial charge in [0.1, 0.15) is 5.75 Å². The molecule has 1 saturated heterocycles. The molecule has 1 aliphatic heterocycles. The Morgan fingerprint density at radius 3 is 2.19 bits per heavy atom. The minimum absolute atomic E-state index is 0.0577. The monoisotopic (exact) mass is 366 g/mol. The topological polar surface area (TPSA) is 58.6 Å². The Morgan fingerprint density at radius 2 is 1.59 bits per heavy atom. The van der Waals surface area contributed by atoms with Crippen LogP contribution in [0.1, 0.15) is 53.8 Å². The lowest BCUT2D eigenvalue weighted by Crippen LogP contribution is -2.27. The highest BCUT2D eigenvalue weighted by Crippen LogP contribution is 2.18. The predicted molar refractivity (Wildman–Crippen MR) is 106 cm³/mol. The van der Waals surface area contributed by atoms with Crippen LogP contribution >= 0.6 is 0 Å². The molecule has 1 fully saturated rings. The SMILES string of the molecule is CC[C@@H](C)Oc1ccc(C(=O)Nc2ccc(C(=O)N3CCCC3)cc2)cc1. The van der Waals surface area contributed by atoms with Crippen molar-refractivity contribution in [2.45, 2.75) is 39.2 Å². The highest BCUT2D eigenvalue weighted by atomic mass is 16.5. The maximum atomic E-state index is 12.4. The van der Waals surface area contributed by atoms with E-state index in [2.05, 4.69) is 12.2 Å². The first kappa shape index (κ1) is 19.0. The summed E-state index contributed by atoms with van der Waals surface area (Å²) in [6, 6.07) is 14.2. The molecule has 27 heavy (non-hydrogen) atoms. The van der Waals surface area contributed by atoms with Crippen LogP contribution in [-0.2, 0) is 0 Å². The fourth-order valence-corrected chi connectivity index (χ4v) is 3.00. The van der Waals surface area contributed by atoms with E-state index in [1.54, 1.807) is 48.5 Å². The van der Waals surface area contributed by atoms with Crippen molar-refractivity contribution in [2.24, 2.45) is 0 Å². The Labute approximate surface area is 160 Å². The number of likely N-dealkylation sites (tertiary alicyclic amines) is 1. The third-order valence-electron chi connectivity index (χ3n) is 4.81. The van der Waals surface area contributed by atoms with Gasteiger partial charge in [0.25, 0.3) is 11.8 Å². The molecule has 0 aliphatic carbocycles. The fraction of sp³-hybridized carbons (Fsp3) is 0.364. The lowest BCUT2D eigenvalue weighted by atomic mass is 10.1. The molecular weight excluding hydrogens is 340 g/mol. The molecule has 0 spiro atoms. The molecule has 1 atom stereocenters. The van der Waals surface area contributed by atoms with E-state index in [1.807, 2.05) is 11.8 Å². The molecular formula is C22H26N2O3. The Bertz CT molecular complexity index is 778. The third-order valence-corrected chi connectivity index (χ3v) is 4.81. The number of ether oxygens (including phenoxy) is 1. The minimum Gasteiger partial charge on any atom is -0.491 e. The number of rotatable bonds is 6. The summed E-state index contributed by atoms with van der Waals surface area (Å²) in [5.74, 6) is 0.622. The average molecular weight is 366 g/mol. The molecule has 2 aromatic carbocycles. The summed E-state index contributed by atoms with van der Waals surface area (Å²) in [5.41, 5.74) is 1.88. The summed E-state index contributed by atoms with van der Waals surface area (Å²) in [5, 5.41) is 2.86. The van der Waals surface area contributed by atoms with Gasteiger partial charge in [0, 0.05) is 29.9 Å². The Morgan fingerprint density at radius 1 is 1.00 bits per heavy atom. The molecule has 5 nitrogen and oxygen atoms in total. The molecule has 5 heteroatoms. The second-order valence-electron chi connectivity index (χ2n) is 6.89. The van der Waals surface area contributed by atoms with Crippen LogP contribution in [0.3, 0.4) is 0 Å². The van der Waals surface area contributed by atoms with Gasteiger partial charge in [-0.3, -0.25) is 9.59 Å². The van der Waals surface area contributed by atoms with E-state index >= 15 is 0 Å². The van der Waals surface area contributed by atoms with Crippen molar-refractivity contribution in [3.05, 3.63) is 59.7 Å². The highest BCUT2D eigenvalue weighted by Gasteiger charge is 2.19. The summed E-state index contributed by atoms with van der Waals surface area (Å²) >= 11 is 0. The van der Waals surface area contributed by atoms with Crippen molar-refractivity contribution in [3.63, 3.8) is 0 Å². The highest BCUT2D eigenvalue weighted by molar-refractivity contribution is 6.04. The van der Waals surface area contributed by atoms with Gasteiger partial charge in [-0.05, 0) is 74.7 Å². The van der Waals surface area contributed by atoms with Crippen molar-refractivity contribution in [1.82, 2.24) is 4.90 Å². The molecule has 1 aliphatic rings. The zero-order valence-corrected chi connectivity index (χ0v) is 15.9. The van der Waals surface area contributed by atoms with Gasteiger partial charge in [0.2, 0.25) is 0 Å². The number of anilines is 1. The largest absolute Gasteiger partial charge is 0.491 e. The summed E-state index contributed by atoms with van der Waals surface area (Å²) in [6.45, 7) is 5.73. The van der Waals surface area contributed by atoms with E-state index in [0.29, 0.717) is 16.8 Å². The van der Waals surface area contributed by atoms with Crippen LogP contribution in [0.25, 0.3) is 0 Å². The first-order valence-electron chi connectivity index (χ1n) is 9.54. The number of nitrogens with zero attached hydrogens (tertiary/aromatic N) is 1. The van der Waals surface area contributed by atoms with E-state index in [9.17, 15) is 9.59 Å². The van der Waals surface area contributed by atoms with E-state index in [4.69, 9.17) is 4.74 Å². The molecule has 3 rings (SSSR count). The Hall–Kier alpha value is -2.82. The average Bonchev–Trinajstić information content (AvgIpc) is 3.23. The van der Waals surface area contributed by atoms with Crippen LogP contribution in [0.2, 0.25) is 0 Å². The zero-order chi connectivity index (χ0) is 19.2. The van der Waals surface area contributed by atoms with Gasteiger partial charge in [-0.25, -0.2) is 0 Å². The van der Waals surface area contributed by atoms with Crippen molar-refractivity contribution >= 4 is 17.5 Å². The van der Waals surface area contributed by atoms with Crippen LogP contribution in [0, 0.1) is 0 Å². The van der Waals surface area contributed by atoms with E-state index in [0.717, 1.165) is 38.1 Å². The maximum Gasteiger partial charge on any atom is 0.255 e. The normalized spacial score (nSPS) is 14.7. The van der Waals surface area contributed by atoms with Crippen molar-refractivity contribution in [3.8, 4) is 5.75 Å². The van der Waals surface area contributed by atoms with Gasteiger partial charge < -0.3 is 15.0 Å². The number of carbonyl (C=O) groups excluding carboxylic acids is 2. The standard InChI is InChI=1S/C22H26N2O3/c1-3-16(2)27-20-12-8-17(9-13-20)21(25)23-19-10-6-18(7-11-19)22(26)24-14-4-5-15-24/h6-13,16H,3-5,14-15H2,1-2H3,(H,23,25)/t16-/m1/s1. The van der Waals surface area contributed by atoms with Crippen molar-refractivity contribution in [1.29, 1.82) is 0 Å². The number of benzene rings is 2. The van der Waals surface area contributed by atoms with Gasteiger partial charge in [-0.2, -0.15) is 0 Å². The number of nitrogens with one attached hydrogen (secondary N) is 1. The van der Waals surface area contributed by atoms with Gasteiger partial charge in [-0.15, -0.1) is 0 Å². The predicted octanol–water partition coefficient (Wildman–Crippen LogP) is 4.35. The zero-order valence-electron chi connectivity index (χ0n) is 15.9. The van der Waals surface area contributed by atoms with Gasteiger partial charge in [0.05, 0.1) is 6.10 Å². The molecule has 2 amide bonds. The number of hydrogen-bond donors (Lipinski definition) is 1. The second kappa shape index (κ2) is 8.71. The molecule has 0 saturated carbocycles. The Kier molecular flexibility index (Phi) is 6.12. The summed E-state index contributed by atoms with van der Waals surface area (Å²) in [4.78, 5) is 26.6. The quantitative estimate of drug-likeness (QED) is 0.827. The van der Waals surface area contributed by atoms with E-state index in [-0.39, 0.29) is 17.9 Å². The lowest BCUT2D eigenvalue weighted by Gasteiger charge is -2.15. The summed E-state index contributed by atoms with van der Waals surface area (Å²) < 4.78 is 5.73. The van der Waals surface area contributed by atoms with Crippen molar-refractivity contribution < 1.29 is 14.3 Å². The molecule has 0 unspecified atom stereocenters. The second-order valence-corrected chi connectivity index (χ2v) is 6.89. The first-order chi connectivity index (χ1) is 13.1. The number of carbonyl (C=O) groups is 2. The minimum atomic E-state index is -0.191. The van der Waals surface area contributed by atoms with Gasteiger partial charge >= 0.3 is 0 Å². The van der Waals surface area contributed by atoms with Crippen molar-refractivity contribution in [2.75, 3.05) is 18.4 Å². The van der Waals surface area contributed by atoms with Crippen LogP contribution in [0.4, 0.5) is 5.69 Å². The molecule has 0 radical (unpaired) electrons. The lowest BCUT2D eigenvalue weighted by molar-refractivity contribution is 0.0792. The molecule has 142 valence electrons. The number of amides is 2. The van der Waals surface area contributed by atoms with Crippen LogP contribution < -0.4 is 10.1 Å². The molecule has 0 bridgehead atoms. The van der Waals surface area contributed by atoms with Gasteiger partial charge in [0.15, 0.2) is 0 Å². The molecule has 2 aromatic rings. The van der Waals surface area contributed by atoms with E-state index < -0.39 is 0 Å². The maximum absolute atomic E-state index is 12.4. The first-order valence-corrected chi connectivity index (χ1v) is 9.54. The number of hydrogen-bond acceptors (Lipinski definition) is 3.